The summed E-state index contributed by atoms with van der Waals surface area (Å²) in [6.45, 7) is 1.07. The topological polar surface area (TPSA) is 89.3 Å². The van der Waals surface area contributed by atoms with Gasteiger partial charge in [-0.15, -0.1) is 5.10 Å². The van der Waals surface area contributed by atoms with Crippen LogP contribution in [0.25, 0.3) is 11.0 Å². The zero-order chi connectivity index (χ0) is 23.7. The molecule has 2 amide bonds. The third-order valence-corrected chi connectivity index (χ3v) is 7.26. The standard InChI is InChI=1S/C25H28ClN5O3/c1-34-23-9-7-18(15-20(23)26)27-24(32)16-10-12-30(13-11-16)25(33)17-6-8-22-21(14-17)28-29-31(22)19-4-2-3-5-19/h6-9,14-16,19H,2-5,10-13H2,1H3,(H,27,32). The first kappa shape index (κ1) is 22.7. The van der Waals surface area contributed by atoms with E-state index in [1.165, 1.54) is 12.8 Å². The van der Waals surface area contributed by atoms with Crippen LogP contribution >= 0.6 is 11.6 Å². The fourth-order valence-corrected chi connectivity index (χ4v) is 5.27. The first-order valence-corrected chi connectivity index (χ1v) is 12.2. The fraction of sp³-hybridized carbons (Fsp3) is 0.440. The molecule has 5 rings (SSSR count). The van der Waals surface area contributed by atoms with E-state index in [-0.39, 0.29) is 17.7 Å². The van der Waals surface area contributed by atoms with Crippen LogP contribution in [0.1, 0.15) is 54.9 Å². The van der Waals surface area contributed by atoms with Crippen LogP contribution in [-0.4, -0.2) is 51.9 Å². The van der Waals surface area contributed by atoms with Crippen LogP contribution < -0.4 is 10.1 Å². The molecule has 1 saturated heterocycles. The van der Waals surface area contributed by atoms with Crippen LogP contribution in [0.4, 0.5) is 5.69 Å². The highest BCUT2D eigenvalue weighted by atomic mass is 35.5. The number of benzene rings is 2. The largest absolute Gasteiger partial charge is 0.495 e. The quantitative estimate of drug-likeness (QED) is 0.570. The fourth-order valence-electron chi connectivity index (χ4n) is 5.01. The van der Waals surface area contributed by atoms with Gasteiger partial charge < -0.3 is 15.0 Å². The predicted molar refractivity (Wildman–Crippen MR) is 130 cm³/mol. The number of likely N-dealkylation sites (tertiary alicyclic amines) is 1. The molecule has 0 radical (unpaired) electrons. The maximum Gasteiger partial charge on any atom is 0.253 e. The van der Waals surface area contributed by atoms with E-state index in [0.29, 0.717) is 54.0 Å². The molecule has 1 aliphatic carbocycles. The average Bonchev–Trinajstić information content (AvgIpc) is 3.53. The highest BCUT2D eigenvalue weighted by Gasteiger charge is 2.28. The van der Waals surface area contributed by atoms with E-state index in [1.54, 1.807) is 25.3 Å². The molecule has 9 heteroatoms. The van der Waals surface area contributed by atoms with Crippen molar-refractivity contribution in [1.29, 1.82) is 0 Å². The normalized spacial score (nSPS) is 17.3. The molecule has 1 aliphatic heterocycles. The minimum atomic E-state index is -0.154. The minimum absolute atomic E-state index is 0.0295. The van der Waals surface area contributed by atoms with Crippen molar-refractivity contribution < 1.29 is 14.3 Å². The van der Waals surface area contributed by atoms with Gasteiger partial charge in [0, 0.05) is 30.3 Å². The number of anilines is 1. The number of nitrogens with zero attached hydrogens (tertiary/aromatic N) is 4. The van der Waals surface area contributed by atoms with Crippen LogP contribution in [-0.2, 0) is 4.79 Å². The summed E-state index contributed by atoms with van der Waals surface area (Å²) in [5.41, 5.74) is 2.98. The smallest absolute Gasteiger partial charge is 0.253 e. The Morgan fingerprint density at radius 3 is 2.53 bits per heavy atom. The van der Waals surface area contributed by atoms with E-state index in [9.17, 15) is 9.59 Å². The van der Waals surface area contributed by atoms with Gasteiger partial charge in [-0.2, -0.15) is 0 Å². The lowest BCUT2D eigenvalue weighted by atomic mass is 9.95. The number of aromatic nitrogens is 3. The highest BCUT2D eigenvalue weighted by molar-refractivity contribution is 6.32. The molecule has 2 aliphatic rings. The highest BCUT2D eigenvalue weighted by Crippen LogP contribution is 2.32. The van der Waals surface area contributed by atoms with E-state index < -0.39 is 0 Å². The van der Waals surface area contributed by atoms with E-state index in [2.05, 4.69) is 15.6 Å². The second-order valence-corrected chi connectivity index (χ2v) is 9.49. The van der Waals surface area contributed by atoms with Gasteiger partial charge in [-0.1, -0.05) is 29.7 Å². The molecule has 2 aromatic carbocycles. The summed E-state index contributed by atoms with van der Waals surface area (Å²) in [7, 11) is 1.55. The number of fused-ring (bicyclic) bond motifs is 1. The van der Waals surface area contributed by atoms with Crippen LogP contribution in [0.3, 0.4) is 0 Å². The van der Waals surface area contributed by atoms with E-state index in [0.717, 1.165) is 23.9 Å². The number of rotatable bonds is 5. The van der Waals surface area contributed by atoms with Crippen LogP contribution in [0.15, 0.2) is 36.4 Å². The van der Waals surface area contributed by atoms with Gasteiger partial charge in [0.2, 0.25) is 5.91 Å². The number of halogens is 1. The molecule has 0 atom stereocenters. The van der Waals surface area contributed by atoms with Crippen molar-refractivity contribution in [3.63, 3.8) is 0 Å². The monoisotopic (exact) mass is 481 g/mol. The van der Waals surface area contributed by atoms with Crippen molar-refractivity contribution in [2.24, 2.45) is 5.92 Å². The van der Waals surface area contributed by atoms with Crippen molar-refractivity contribution in [2.45, 2.75) is 44.6 Å². The van der Waals surface area contributed by atoms with Crippen molar-refractivity contribution in [2.75, 3.05) is 25.5 Å². The summed E-state index contributed by atoms with van der Waals surface area (Å²) < 4.78 is 7.16. The molecule has 1 N–H and O–H groups in total. The Balaban J connectivity index is 1.19. The number of ether oxygens (including phenoxy) is 1. The van der Waals surface area contributed by atoms with Gasteiger partial charge in [0.1, 0.15) is 11.3 Å². The number of hydrogen-bond acceptors (Lipinski definition) is 5. The minimum Gasteiger partial charge on any atom is -0.495 e. The second-order valence-electron chi connectivity index (χ2n) is 9.08. The van der Waals surface area contributed by atoms with Gasteiger partial charge in [0.15, 0.2) is 0 Å². The zero-order valence-electron chi connectivity index (χ0n) is 19.2. The van der Waals surface area contributed by atoms with Gasteiger partial charge in [-0.3, -0.25) is 9.59 Å². The van der Waals surface area contributed by atoms with Gasteiger partial charge in [-0.25, -0.2) is 4.68 Å². The Morgan fingerprint density at radius 1 is 1.06 bits per heavy atom. The number of amides is 2. The lowest BCUT2D eigenvalue weighted by Crippen LogP contribution is -2.41. The summed E-state index contributed by atoms with van der Waals surface area (Å²) >= 11 is 6.15. The third kappa shape index (κ3) is 4.46. The molecular formula is C25H28ClN5O3. The molecule has 178 valence electrons. The Labute approximate surface area is 203 Å². The molecule has 1 aromatic heterocycles. The molecule has 0 unspecified atom stereocenters. The maximum atomic E-state index is 13.1. The van der Waals surface area contributed by atoms with Gasteiger partial charge in [0.25, 0.3) is 5.91 Å². The molecular weight excluding hydrogens is 454 g/mol. The first-order valence-electron chi connectivity index (χ1n) is 11.8. The first-order chi connectivity index (χ1) is 16.5. The number of carbonyl (C=O) groups excluding carboxylic acids is 2. The van der Waals surface area contributed by atoms with Crippen molar-refractivity contribution >= 4 is 40.1 Å². The Hall–Kier alpha value is -3.13. The van der Waals surface area contributed by atoms with Gasteiger partial charge >= 0.3 is 0 Å². The Kier molecular flexibility index (Phi) is 6.41. The van der Waals surface area contributed by atoms with E-state index in [4.69, 9.17) is 16.3 Å². The lowest BCUT2D eigenvalue weighted by Gasteiger charge is -2.31. The molecule has 34 heavy (non-hydrogen) atoms. The van der Waals surface area contributed by atoms with Gasteiger partial charge in [0.05, 0.1) is 23.7 Å². The summed E-state index contributed by atoms with van der Waals surface area (Å²) in [4.78, 5) is 27.7. The number of methoxy groups -OCH3 is 1. The molecule has 2 fully saturated rings. The molecule has 8 nitrogen and oxygen atoms in total. The van der Waals surface area contributed by atoms with Crippen molar-refractivity contribution in [3.05, 3.63) is 47.0 Å². The molecule has 0 bridgehead atoms. The summed E-state index contributed by atoms with van der Waals surface area (Å²) in [5.74, 6) is 0.320. The van der Waals surface area contributed by atoms with Crippen LogP contribution in [0, 0.1) is 5.92 Å². The third-order valence-electron chi connectivity index (χ3n) is 6.96. The number of carbonyl (C=O) groups is 2. The van der Waals surface area contributed by atoms with E-state index in [1.807, 2.05) is 27.8 Å². The average molecular weight is 482 g/mol. The van der Waals surface area contributed by atoms with E-state index >= 15 is 0 Å². The van der Waals surface area contributed by atoms with Crippen molar-refractivity contribution in [1.82, 2.24) is 19.9 Å². The Morgan fingerprint density at radius 2 is 1.82 bits per heavy atom. The van der Waals surface area contributed by atoms with Crippen LogP contribution in [0.5, 0.6) is 5.75 Å². The number of hydrogen-bond donors (Lipinski definition) is 1. The van der Waals surface area contributed by atoms with Crippen molar-refractivity contribution in [3.8, 4) is 5.75 Å². The lowest BCUT2D eigenvalue weighted by molar-refractivity contribution is -0.121. The molecule has 3 aromatic rings. The van der Waals surface area contributed by atoms with Gasteiger partial charge in [-0.05, 0) is 62.1 Å². The SMILES string of the molecule is COc1ccc(NC(=O)C2CCN(C(=O)c3ccc4c(c3)nnn4C3CCCC3)CC2)cc1Cl. The Bertz CT molecular complexity index is 1210. The number of nitrogens with one attached hydrogen (secondary N) is 1. The predicted octanol–water partition coefficient (Wildman–Crippen LogP) is 4.70. The maximum absolute atomic E-state index is 13.1. The molecule has 1 saturated carbocycles. The summed E-state index contributed by atoms with van der Waals surface area (Å²) in [5, 5.41) is 12.0. The molecule has 0 spiro atoms. The zero-order valence-corrected chi connectivity index (χ0v) is 19.9. The van der Waals surface area contributed by atoms with Crippen LogP contribution in [0.2, 0.25) is 5.02 Å². The number of piperidine rings is 1. The second kappa shape index (κ2) is 9.62. The summed E-state index contributed by atoms with van der Waals surface area (Å²) in [6.07, 6.45) is 5.94. The molecule has 2 heterocycles. The summed E-state index contributed by atoms with van der Waals surface area (Å²) in [6, 6.07) is 11.2.